The number of thiophene rings is 1. The van der Waals surface area contributed by atoms with Gasteiger partial charge in [-0.05, 0) is 52.0 Å². The van der Waals surface area contributed by atoms with Crippen molar-refractivity contribution in [3.63, 3.8) is 0 Å². The van der Waals surface area contributed by atoms with Crippen LogP contribution in [0.1, 0.15) is 28.2 Å². The molecule has 0 aliphatic carbocycles. The Labute approximate surface area is 124 Å². The summed E-state index contributed by atoms with van der Waals surface area (Å²) in [4.78, 5) is 12.8. The van der Waals surface area contributed by atoms with Crippen LogP contribution in [-0.2, 0) is 0 Å². The van der Waals surface area contributed by atoms with Gasteiger partial charge in [0.15, 0.2) is 0 Å². The second-order valence-electron chi connectivity index (χ2n) is 4.07. The van der Waals surface area contributed by atoms with Crippen LogP contribution in [0.15, 0.2) is 40.2 Å². The molecule has 0 spiro atoms. The fraction of sp³-hybridized carbons (Fsp3) is 0.214. The number of nitrogens with one attached hydrogen (secondary N) is 1. The van der Waals surface area contributed by atoms with Crippen molar-refractivity contribution in [1.82, 2.24) is 5.32 Å². The lowest BCUT2D eigenvalue weighted by Crippen LogP contribution is -2.26. The molecule has 0 aliphatic heterocycles. The van der Waals surface area contributed by atoms with Gasteiger partial charge in [-0.25, -0.2) is 0 Å². The minimum absolute atomic E-state index is 0.0487. The summed E-state index contributed by atoms with van der Waals surface area (Å²) in [5.41, 5.74) is 1.04. The minimum atomic E-state index is -0.0646. The highest BCUT2D eigenvalue weighted by atomic mass is 79.9. The number of benzene rings is 1. The SMILES string of the molecule is COc1ccc(C(C)NC(=O)c2sccc2Br)cc1. The first-order chi connectivity index (χ1) is 9.11. The molecule has 100 valence electrons. The lowest BCUT2D eigenvalue weighted by Gasteiger charge is -2.14. The molecule has 2 rings (SSSR count). The fourth-order valence-electron chi connectivity index (χ4n) is 1.69. The van der Waals surface area contributed by atoms with Crippen molar-refractivity contribution in [2.75, 3.05) is 7.11 Å². The standard InChI is InChI=1S/C14H14BrNO2S/c1-9(10-3-5-11(18-2)6-4-10)16-14(17)13-12(15)7-8-19-13/h3-9H,1-2H3,(H,16,17). The Morgan fingerprint density at radius 2 is 2.00 bits per heavy atom. The molecule has 0 bridgehead atoms. The molecule has 0 aliphatic rings. The molecule has 1 aromatic carbocycles. The number of rotatable bonds is 4. The summed E-state index contributed by atoms with van der Waals surface area (Å²) in [7, 11) is 1.63. The molecular weight excluding hydrogens is 326 g/mol. The van der Waals surface area contributed by atoms with E-state index in [9.17, 15) is 4.79 Å². The van der Waals surface area contributed by atoms with Crippen LogP contribution in [0.4, 0.5) is 0 Å². The van der Waals surface area contributed by atoms with Crippen molar-refractivity contribution in [3.8, 4) is 5.75 Å². The summed E-state index contributed by atoms with van der Waals surface area (Å²) in [6.45, 7) is 1.96. The van der Waals surface area contributed by atoms with Crippen molar-refractivity contribution in [2.24, 2.45) is 0 Å². The van der Waals surface area contributed by atoms with E-state index in [2.05, 4.69) is 21.2 Å². The van der Waals surface area contributed by atoms with Crippen molar-refractivity contribution in [3.05, 3.63) is 50.6 Å². The first kappa shape index (κ1) is 14.1. The molecule has 0 saturated heterocycles. The monoisotopic (exact) mass is 339 g/mol. The number of hydrogen-bond acceptors (Lipinski definition) is 3. The normalized spacial score (nSPS) is 11.9. The van der Waals surface area contributed by atoms with Gasteiger partial charge in [0.05, 0.1) is 13.2 Å². The van der Waals surface area contributed by atoms with E-state index >= 15 is 0 Å². The second kappa shape index (κ2) is 6.21. The van der Waals surface area contributed by atoms with E-state index < -0.39 is 0 Å². The van der Waals surface area contributed by atoms with Crippen LogP contribution in [0, 0.1) is 0 Å². The van der Waals surface area contributed by atoms with Crippen LogP contribution in [0.5, 0.6) is 5.75 Å². The minimum Gasteiger partial charge on any atom is -0.497 e. The smallest absolute Gasteiger partial charge is 0.262 e. The van der Waals surface area contributed by atoms with Crippen molar-refractivity contribution < 1.29 is 9.53 Å². The van der Waals surface area contributed by atoms with E-state index in [4.69, 9.17) is 4.74 Å². The first-order valence-corrected chi connectivity index (χ1v) is 7.47. The van der Waals surface area contributed by atoms with Crippen LogP contribution in [-0.4, -0.2) is 13.0 Å². The summed E-state index contributed by atoms with van der Waals surface area (Å²) >= 11 is 4.79. The van der Waals surface area contributed by atoms with E-state index in [1.807, 2.05) is 42.6 Å². The summed E-state index contributed by atoms with van der Waals surface area (Å²) in [6, 6.07) is 9.50. The van der Waals surface area contributed by atoms with Gasteiger partial charge in [-0.1, -0.05) is 12.1 Å². The maximum absolute atomic E-state index is 12.1. The quantitative estimate of drug-likeness (QED) is 0.913. The average molecular weight is 340 g/mol. The van der Waals surface area contributed by atoms with Crippen LogP contribution in [0.3, 0.4) is 0 Å². The lowest BCUT2D eigenvalue weighted by atomic mass is 10.1. The van der Waals surface area contributed by atoms with E-state index in [1.165, 1.54) is 11.3 Å². The molecule has 0 radical (unpaired) electrons. The third-order valence-electron chi connectivity index (χ3n) is 2.79. The second-order valence-corrected chi connectivity index (χ2v) is 5.84. The van der Waals surface area contributed by atoms with Crippen LogP contribution in [0.25, 0.3) is 0 Å². The average Bonchev–Trinajstić information content (AvgIpc) is 2.85. The maximum atomic E-state index is 12.1. The highest BCUT2D eigenvalue weighted by Gasteiger charge is 2.15. The molecule has 1 N–H and O–H groups in total. The number of amides is 1. The highest BCUT2D eigenvalue weighted by Crippen LogP contribution is 2.24. The zero-order valence-corrected chi connectivity index (χ0v) is 13.0. The Morgan fingerprint density at radius 1 is 1.32 bits per heavy atom. The molecule has 1 unspecified atom stereocenters. The fourth-order valence-corrected chi connectivity index (χ4v) is 3.15. The summed E-state index contributed by atoms with van der Waals surface area (Å²) in [5.74, 6) is 0.744. The Hall–Kier alpha value is -1.33. The van der Waals surface area contributed by atoms with Gasteiger partial charge in [0.1, 0.15) is 10.6 Å². The van der Waals surface area contributed by atoms with Gasteiger partial charge in [0, 0.05) is 4.47 Å². The van der Waals surface area contributed by atoms with Crippen molar-refractivity contribution in [2.45, 2.75) is 13.0 Å². The molecule has 1 aromatic heterocycles. The Kier molecular flexibility index (Phi) is 4.61. The molecule has 3 nitrogen and oxygen atoms in total. The largest absolute Gasteiger partial charge is 0.497 e. The van der Waals surface area contributed by atoms with Gasteiger partial charge in [0.2, 0.25) is 0 Å². The first-order valence-electron chi connectivity index (χ1n) is 5.79. The molecule has 1 amide bonds. The number of ether oxygens (including phenoxy) is 1. The topological polar surface area (TPSA) is 38.3 Å². The van der Waals surface area contributed by atoms with E-state index in [-0.39, 0.29) is 11.9 Å². The predicted octanol–water partition coefficient (Wildman–Crippen LogP) is 4.01. The Balaban J connectivity index is 2.06. The molecule has 19 heavy (non-hydrogen) atoms. The third-order valence-corrected chi connectivity index (χ3v) is 4.62. The van der Waals surface area contributed by atoms with Crippen LogP contribution < -0.4 is 10.1 Å². The molecule has 5 heteroatoms. The number of carbonyl (C=O) groups is 1. The Bertz CT molecular complexity index is 565. The van der Waals surface area contributed by atoms with Gasteiger partial charge in [0.25, 0.3) is 5.91 Å². The summed E-state index contributed by atoms with van der Waals surface area (Å²) in [5, 5.41) is 4.86. The molecular formula is C14H14BrNO2S. The number of halogens is 1. The van der Waals surface area contributed by atoms with Gasteiger partial charge in [-0.2, -0.15) is 0 Å². The molecule has 0 saturated carbocycles. The summed E-state index contributed by atoms with van der Waals surface area (Å²) < 4.78 is 5.94. The zero-order valence-electron chi connectivity index (χ0n) is 10.6. The molecule has 1 heterocycles. The van der Waals surface area contributed by atoms with Gasteiger partial charge >= 0.3 is 0 Å². The van der Waals surface area contributed by atoms with Gasteiger partial charge < -0.3 is 10.1 Å². The zero-order chi connectivity index (χ0) is 13.8. The number of carbonyl (C=O) groups excluding carboxylic acids is 1. The molecule has 1 atom stereocenters. The summed E-state index contributed by atoms with van der Waals surface area (Å²) in [6.07, 6.45) is 0. The number of hydrogen-bond donors (Lipinski definition) is 1. The third kappa shape index (κ3) is 3.36. The molecule has 0 fully saturated rings. The molecule has 2 aromatic rings. The van der Waals surface area contributed by atoms with Gasteiger partial charge in [-0.15, -0.1) is 11.3 Å². The van der Waals surface area contributed by atoms with Crippen molar-refractivity contribution >= 4 is 33.2 Å². The van der Waals surface area contributed by atoms with Crippen LogP contribution in [0.2, 0.25) is 0 Å². The van der Waals surface area contributed by atoms with E-state index in [0.29, 0.717) is 4.88 Å². The van der Waals surface area contributed by atoms with E-state index in [1.54, 1.807) is 7.11 Å². The van der Waals surface area contributed by atoms with E-state index in [0.717, 1.165) is 15.8 Å². The highest BCUT2D eigenvalue weighted by molar-refractivity contribution is 9.10. The Morgan fingerprint density at radius 3 is 2.53 bits per heavy atom. The lowest BCUT2D eigenvalue weighted by molar-refractivity contribution is 0.0943. The maximum Gasteiger partial charge on any atom is 0.262 e. The van der Waals surface area contributed by atoms with Gasteiger partial charge in [-0.3, -0.25) is 4.79 Å². The van der Waals surface area contributed by atoms with Crippen LogP contribution >= 0.6 is 27.3 Å². The predicted molar refractivity (Wildman–Crippen MR) is 80.9 cm³/mol. The number of methoxy groups -OCH3 is 1. The van der Waals surface area contributed by atoms with Crippen molar-refractivity contribution in [1.29, 1.82) is 0 Å².